The first-order chi connectivity index (χ1) is 8.75. The average molecular weight is 292 g/mol. The highest BCUT2D eigenvalue weighted by atomic mass is 35.5. The van der Waals surface area contributed by atoms with Crippen LogP contribution in [0.25, 0.3) is 0 Å². The van der Waals surface area contributed by atoms with Crippen LogP contribution in [0.1, 0.15) is 12.8 Å². The molecule has 0 radical (unpaired) electrons. The van der Waals surface area contributed by atoms with Gasteiger partial charge in [0.2, 0.25) is 5.91 Å². The molecule has 0 aliphatic carbocycles. The summed E-state index contributed by atoms with van der Waals surface area (Å²) >= 11 is 0. The molecule has 2 heterocycles. The Bertz CT molecular complexity index is 267. The quantitative estimate of drug-likeness (QED) is 0.804. The molecule has 0 bridgehead atoms. The number of amides is 1. The van der Waals surface area contributed by atoms with Gasteiger partial charge in [-0.3, -0.25) is 9.69 Å². The molecule has 0 aromatic carbocycles. The third-order valence-corrected chi connectivity index (χ3v) is 3.80. The highest BCUT2D eigenvalue weighted by molar-refractivity contribution is 5.85. The molecule has 2 aliphatic heterocycles. The number of carbonyl (C=O) groups is 1. The number of morpholine rings is 1. The molecule has 0 aromatic heterocycles. The number of halogens is 1. The predicted molar refractivity (Wildman–Crippen MR) is 77.7 cm³/mol. The van der Waals surface area contributed by atoms with Crippen molar-refractivity contribution in [2.45, 2.75) is 12.8 Å². The zero-order valence-electron chi connectivity index (χ0n) is 11.8. The molecule has 0 saturated carbocycles. The van der Waals surface area contributed by atoms with Gasteiger partial charge in [-0.2, -0.15) is 0 Å². The van der Waals surface area contributed by atoms with Crippen molar-refractivity contribution in [3.8, 4) is 0 Å². The SMILES string of the molecule is CN(CC(=O)N1CCOCC1)CC1CCNCC1.Cl. The molecular formula is C13H26ClN3O2. The van der Waals surface area contributed by atoms with Gasteiger partial charge in [0.15, 0.2) is 0 Å². The zero-order chi connectivity index (χ0) is 12.8. The number of hydrogen-bond acceptors (Lipinski definition) is 4. The zero-order valence-corrected chi connectivity index (χ0v) is 12.6. The Morgan fingerprint density at radius 3 is 2.58 bits per heavy atom. The van der Waals surface area contributed by atoms with Gasteiger partial charge in [-0.25, -0.2) is 0 Å². The minimum atomic E-state index is 0. The van der Waals surface area contributed by atoms with E-state index in [1.54, 1.807) is 0 Å². The van der Waals surface area contributed by atoms with Crippen LogP contribution in [-0.4, -0.2) is 75.2 Å². The first-order valence-corrected chi connectivity index (χ1v) is 7.00. The molecule has 2 saturated heterocycles. The van der Waals surface area contributed by atoms with E-state index in [4.69, 9.17) is 4.74 Å². The number of hydrogen-bond donors (Lipinski definition) is 1. The van der Waals surface area contributed by atoms with Crippen LogP contribution < -0.4 is 5.32 Å². The Balaban J connectivity index is 0.00000180. The second-order valence-electron chi connectivity index (χ2n) is 5.38. The minimum Gasteiger partial charge on any atom is -0.378 e. The second-order valence-corrected chi connectivity index (χ2v) is 5.38. The van der Waals surface area contributed by atoms with Gasteiger partial charge < -0.3 is 15.0 Å². The van der Waals surface area contributed by atoms with E-state index in [1.165, 1.54) is 12.8 Å². The Morgan fingerprint density at radius 1 is 1.32 bits per heavy atom. The first kappa shape index (κ1) is 16.7. The van der Waals surface area contributed by atoms with Gasteiger partial charge in [0.25, 0.3) is 0 Å². The average Bonchev–Trinajstić information content (AvgIpc) is 2.40. The summed E-state index contributed by atoms with van der Waals surface area (Å²) in [5.74, 6) is 0.989. The third kappa shape index (κ3) is 5.65. The standard InChI is InChI=1S/C13H25N3O2.ClH/c1-15(10-12-2-4-14-5-3-12)11-13(17)16-6-8-18-9-7-16;/h12,14H,2-11H2,1H3;1H. The Kier molecular flexibility index (Phi) is 7.68. The number of piperidine rings is 1. The molecule has 6 heteroatoms. The monoisotopic (exact) mass is 291 g/mol. The fourth-order valence-corrected chi connectivity index (χ4v) is 2.71. The summed E-state index contributed by atoms with van der Waals surface area (Å²) in [6, 6.07) is 0. The van der Waals surface area contributed by atoms with Gasteiger partial charge in [0, 0.05) is 19.6 Å². The van der Waals surface area contributed by atoms with Crippen LogP contribution in [0.5, 0.6) is 0 Å². The first-order valence-electron chi connectivity index (χ1n) is 7.00. The maximum Gasteiger partial charge on any atom is 0.236 e. The molecule has 19 heavy (non-hydrogen) atoms. The lowest BCUT2D eigenvalue weighted by molar-refractivity contribution is -0.136. The Morgan fingerprint density at radius 2 is 1.95 bits per heavy atom. The fraction of sp³-hybridized carbons (Fsp3) is 0.923. The largest absolute Gasteiger partial charge is 0.378 e. The molecule has 2 fully saturated rings. The van der Waals surface area contributed by atoms with Crippen LogP contribution in [-0.2, 0) is 9.53 Å². The van der Waals surface area contributed by atoms with Crippen molar-refractivity contribution in [2.24, 2.45) is 5.92 Å². The Hall–Kier alpha value is -0.360. The summed E-state index contributed by atoms with van der Waals surface area (Å²) in [6.45, 7) is 6.70. The van der Waals surface area contributed by atoms with Crippen molar-refractivity contribution in [1.29, 1.82) is 0 Å². The number of nitrogens with one attached hydrogen (secondary N) is 1. The van der Waals surface area contributed by atoms with Crippen molar-refractivity contribution < 1.29 is 9.53 Å². The lowest BCUT2D eigenvalue weighted by atomic mass is 9.98. The maximum absolute atomic E-state index is 12.1. The van der Waals surface area contributed by atoms with E-state index in [0.29, 0.717) is 19.8 Å². The van der Waals surface area contributed by atoms with Crippen LogP contribution in [0.2, 0.25) is 0 Å². The van der Waals surface area contributed by atoms with E-state index in [2.05, 4.69) is 17.3 Å². The molecule has 0 atom stereocenters. The minimum absolute atomic E-state index is 0. The molecule has 2 aliphatic rings. The van der Waals surface area contributed by atoms with Crippen LogP contribution >= 0.6 is 12.4 Å². The van der Waals surface area contributed by atoms with Gasteiger partial charge >= 0.3 is 0 Å². The predicted octanol–water partition coefficient (Wildman–Crippen LogP) is 0.198. The summed E-state index contributed by atoms with van der Waals surface area (Å²) in [4.78, 5) is 16.2. The van der Waals surface area contributed by atoms with E-state index >= 15 is 0 Å². The maximum atomic E-state index is 12.1. The van der Waals surface area contributed by atoms with Crippen molar-refractivity contribution >= 4 is 18.3 Å². The smallest absolute Gasteiger partial charge is 0.236 e. The molecule has 1 N–H and O–H groups in total. The molecule has 0 aromatic rings. The van der Waals surface area contributed by atoms with E-state index in [-0.39, 0.29) is 18.3 Å². The summed E-state index contributed by atoms with van der Waals surface area (Å²) in [6.07, 6.45) is 2.46. The number of nitrogens with zero attached hydrogens (tertiary/aromatic N) is 2. The van der Waals surface area contributed by atoms with Gasteiger partial charge in [0.05, 0.1) is 19.8 Å². The van der Waals surface area contributed by atoms with Crippen molar-refractivity contribution in [3.63, 3.8) is 0 Å². The van der Waals surface area contributed by atoms with Gasteiger partial charge in [-0.05, 0) is 38.9 Å². The number of ether oxygens (including phenoxy) is 1. The fourth-order valence-electron chi connectivity index (χ4n) is 2.71. The topological polar surface area (TPSA) is 44.8 Å². The molecule has 0 spiro atoms. The molecule has 1 amide bonds. The lowest BCUT2D eigenvalue weighted by Crippen LogP contribution is -2.46. The number of rotatable bonds is 4. The molecular weight excluding hydrogens is 266 g/mol. The van der Waals surface area contributed by atoms with Crippen molar-refractivity contribution in [3.05, 3.63) is 0 Å². The Labute approximate surface area is 122 Å². The van der Waals surface area contributed by atoms with E-state index < -0.39 is 0 Å². The third-order valence-electron chi connectivity index (χ3n) is 3.80. The molecule has 2 rings (SSSR count). The molecule has 112 valence electrons. The molecule has 5 nitrogen and oxygen atoms in total. The summed E-state index contributed by atoms with van der Waals surface area (Å²) in [5, 5.41) is 3.37. The van der Waals surface area contributed by atoms with Crippen LogP contribution in [0.15, 0.2) is 0 Å². The van der Waals surface area contributed by atoms with Gasteiger partial charge in [0.1, 0.15) is 0 Å². The second kappa shape index (κ2) is 8.74. The van der Waals surface area contributed by atoms with Crippen molar-refractivity contribution in [2.75, 3.05) is 59.5 Å². The number of likely N-dealkylation sites (N-methyl/N-ethyl adjacent to an activating group) is 1. The van der Waals surface area contributed by atoms with Gasteiger partial charge in [-0.15, -0.1) is 12.4 Å². The van der Waals surface area contributed by atoms with Crippen LogP contribution in [0.3, 0.4) is 0 Å². The van der Waals surface area contributed by atoms with Gasteiger partial charge in [-0.1, -0.05) is 0 Å². The van der Waals surface area contributed by atoms with E-state index in [1.807, 2.05) is 4.90 Å². The van der Waals surface area contributed by atoms with Crippen LogP contribution in [0, 0.1) is 5.92 Å². The lowest BCUT2D eigenvalue weighted by Gasteiger charge is -2.31. The highest BCUT2D eigenvalue weighted by Gasteiger charge is 2.20. The normalized spacial score (nSPS) is 21.3. The highest BCUT2D eigenvalue weighted by Crippen LogP contribution is 2.12. The number of carbonyl (C=O) groups excluding carboxylic acids is 1. The summed E-state index contributed by atoms with van der Waals surface area (Å²) in [5.41, 5.74) is 0. The van der Waals surface area contributed by atoms with E-state index in [0.717, 1.165) is 38.6 Å². The van der Waals surface area contributed by atoms with Crippen LogP contribution in [0.4, 0.5) is 0 Å². The molecule has 0 unspecified atom stereocenters. The van der Waals surface area contributed by atoms with Crippen molar-refractivity contribution in [1.82, 2.24) is 15.1 Å². The summed E-state index contributed by atoms with van der Waals surface area (Å²) < 4.78 is 5.26. The van der Waals surface area contributed by atoms with E-state index in [9.17, 15) is 4.79 Å². The summed E-state index contributed by atoms with van der Waals surface area (Å²) in [7, 11) is 2.06.